The van der Waals surface area contributed by atoms with Gasteiger partial charge in [-0.2, -0.15) is 0 Å². The van der Waals surface area contributed by atoms with E-state index in [1.807, 2.05) is 20.8 Å². The summed E-state index contributed by atoms with van der Waals surface area (Å²) in [6.07, 6.45) is 2.53. The predicted octanol–water partition coefficient (Wildman–Crippen LogP) is 1.48. The third-order valence-electron chi connectivity index (χ3n) is 5.56. The Labute approximate surface area is 164 Å². The van der Waals surface area contributed by atoms with E-state index in [0.717, 1.165) is 6.42 Å². The first-order valence-corrected chi connectivity index (χ1v) is 9.77. The minimum absolute atomic E-state index is 0.0182. The predicted molar refractivity (Wildman–Crippen MR) is 97.2 cm³/mol. The van der Waals surface area contributed by atoms with Gasteiger partial charge < -0.3 is 14.5 Å². The van der Waals surface area contributed by atoms with E-state index in [-0.39, 0.29) is 30.2 Å². The summed E-state index contributed by atoms with van der Waals surface area (Å²) in [5, 5.41) is 10.4. The number of nitrogens with one attached hydrogen (secondary N) is 1. The van der Waals surface area contributed by atoms with E-state index in [9.17, 15) is 19.6 Å². The summed E-state index contributed by atoms with van der Waals surface area (Å²) < 4.78 is 5.39. The van der Waals surface area contributed by atoms with Crippen LogP contribution in [0.25, 0.3) is 0 Å². The van der Waals surface area contributed by atoms with Gasteiger partial charge in [-0.1, -0.05) is 0 Å². The number of nitrogens with zero attached hydrogens (tertiary/aromatic N) is 3. The second kappa shape index (κ2) is 7.75. The molecule has 4 amide bonds. The van der Waals surface area contributed by atoms with E-state index >= 15 is 0 Å². The van der Waals surface area contributed by atoms with Crippen molar-refractivity contribution < 1.29 is 29.2 Å². The monoisotopic (exact) mass is 398 g/mol. The lowest BCUT2D eigenvalue weighted by Crippen LogP contribution is -2.50. The molecule has 0 aromatic carbocycles. The van der Waals surface area contributed by atoms with Gasteiger partial charge in [0.2, 0.25) is 0 Å². The molecule has 2 bridgehead atoms. The average Bonchev–Trinajstić information content (AvgIpc) is 3.18. The summed E-state index contributed by atoms with van der Waals surface area (Å²) in [6, 6.07) is -1.43. The number of hydrogen-bond acceptors (Lipinski definition) is 6. The number of amides is 4. The molecule has 3 aliphatic rings. The highest BCUT2D eigenvalue weighted by molar-refractivity contribution is 5.87. The molecule has 28 heavy (non-hydrogen) atoms. The molecule has 10 heteroatoms. The fraction of sp³-hybridized carbons (Fsp3) is 0.833. The number of carbonyl (C=O) groups is 3. The fourth-order valence-electron chi connectivity index (χ4n) is 3.99. The number of rotatable bonds is 4. The molecule has 2 heterocycles. The molecule has 10 nitrogen and oxygen atoms in total. The van der Waals surface area contributed by atoms with Crippen molar-refractivity contribution in [2.24, 2.45) is 0 Å². The highest BCUT2D eigenvalue weighted by Crippen LogP contribution is 2.29. The third kappa shape index (κ3) is 4.33. The molecule has 0 aromatic rings. The Morgan fingerprint density at radius 3 is 2.61 bits per heavy atom. The lowest BCUT2D eigenvalue weighted by Gasteiger charge is -2.29. The van der Waals surface area contributed by atoms with E-state index < -0.39 is 17.7 Å². The highest BCUT2D eigenvalue weighted by Gasteiger charge is 2.47. The van der Waals surface area contributed by atoms with Crippen LogP contribution in [0.4, 0.5) is 9.59 Å². The smallest absolute Gasteiger partial charge is 0.410 e. The lowest BCUT2D eigenvalue weighted by molar-refractivity contribution is -0.143. The Balaban J connectivity index is 1.45. The molecular weight excluding hydrogens is 368 g/mol. The van der Waals surface area contributed by atoms with Crippen LogP contribution in [0.1, 0.15) is 52.9 Å². The van der Waals surface area contributed by atoms with Gasteiger partial charge in [0.1, 0.15) is 11.6 Å². The molecule has 3 fully saturated rings. The molecule has 0 aromatic heterocycles. The van der Waals surface area contributed by atoms with Gasteiger partial charge in [0.15, 0.2) is 0 Å². The Morgan fingerprint density at radius 1 is 1.21 bits per heavy atom. The molecule has 0 radical (unpaired) electrons. The highest BCUT2D eigenvalue weighted by atomic mass is 16.7. The van der Waals surface area contributed by atoms with Gasteiger partial charge in [0.05, 0.1) is 12.1 Å². The van der Waals surface area contributed by atoms with Crippen molar-refractivity contribution in [3.05, 3.63) is 0 Å². The molecule has 2 unspecified atom stereocenters. The largest absolute Gasteiger partial charge is 0.444 e. The molecule has 4 atom stereocenters. The minimum atomic E-state index is -0.637. The van der Waals surface area contributed by atoms with Crippen LogP contribution < -0.4 is 5.48 Å². The molecule has 0 spiro atoms. The van der Waals surface area contributed by atoms with E-state index in [0.29, 0.717) is 37.3 Å². The van der Waals surface area contributed by atoms with Crippen molar-refractivity contribution in [2.45, 2.75) is 82.7 Å². The SMILES string of the molecule is CN(C(=O)OC(C)(C)C)C1CCC(ONC(=O)[C@@H]2CC[C@@H]3CN2C(=O)N3O)C1. The van der Waals surface area contributed by atoms with Crippen LogP contribution in [0.2, 0.25) is 0 Å². The van der Waals surface area contributed by atoms with Crippen LogP contribution >= 0.6 is 0 Å². The molecule has 2 saturated heterocycles. The van der Waals surface area contributed by atoms with Crippen molar-refractivity contribution in [3.8, 4) is 0 Å². The van der Waals surface area contributed by atoms with Gasteiger partial charge in [-0.25, -0.2) is 20.1 Å². The zero-order valence-electron chi connectivity index (χ0n) is 16.9. The van der Waals surface area contributed by atoms with Gasteiger partial charge in [-0.3, -0.25) is 14.8 Å². The number of urea groups is 1. The fourth-order valence-corrected chi connectivity index (χ4v) is 3.99. The van der Waals surface area contributed by atoms with Crippen LogP contribution in [-0.4, -0.2) is 81.5 Å². The second-order valence-electron chi connectivity index (χ2n) is 8.79. The van der Waals surface area contributed by atoms with Gasteiger partial charge >= 0.3 is 12.1 Å². The van der Waals surface area contributed by atoms with E-state index in [1.165, 1.54) is 4.90 Å². The first-order chi connectivity index (χ1) is 13.1. The Morgan fingerprint density at radius 2 is 1.93 bits per heavy atom. The summed E-state index contributed by atoms with van der Waals surface area (Å²) in [5.74, 6) is -0.383. The molecule has 1 aliphatic carbocycles. The molecule has 2 N–H and O–H groups in total. The van der Waals surface area contributed by atoms with Crippen LogP contribution in [0.5, 0.6) is 0 Å². The normalized spacial score (nSPS) is 29.8. The number of carbonyl (C=O) groups excluding carboxylic acids is 3. The van der Waals surface area contributed by atoms with Gasteiger partial charge in [-0.15, -0.1) is 0 Å². The molecular formula is C18H30N4O6. The van der Waals surface area contributed by atoms with Crippen LogP contribution in [0.15, 0.2) is 0 Å². The standard InChI is InChI=1S/C18H30N4O6/c1-18(2,3)27-17(25)20(4)11-5-7-13(9-11)28-19-15(23)14-8-6-12-10-21(14)16(24)22(12)26/h11-14,26H,5-10H2,1-4H3,(H,19,23)/t11?,12-,13?,14+/m1/s1. The molecule has 1 saturated carbocycles. The van der Waals surface area contributed by atoms with Crippen molar-refractivity contribution in [2.75, 3.05) is 13.6 Å². The zero-order chi connectivity index (χ0) is 20.6. The lowest BCUT2D eigenvalue weighted by atomic mass is 10.0. The quantitative estimate of drug-likeness (QED) is 0.548. The van der Waals surface area contributed by atoms with Crippen LogP contribution in [-0.2, 0) is 14.4 Å². The Hall–Kier alpha value is -2.07. The maximum atomic E-state index is 12.5. The summed E-state index contributed by atoms with van der Waals surface area (Å²) in [6.45, 7) is 5.82. The Bertz CT molecular complexity index is 636. The zero-order valence-corrected chi connectivity index (χ0v) is 16.9. The Kier molecular flexibility index (Phi) is 5.72. The van der Waals surface area contributed by atoms with Gasteiger partial charge in [0.25, 0.3) is 5.91 Å². The maximum absolute atomic E-state index is 12.5. The number of hydrogen-bond donors (Lipinski definition) is 2. The number of ether oxygens (including phenoxy) is 1. The van der Waals surface area contributed by atoms with Crippen molar-refractivity contribution in [1.82, 2.24) is 20.3 Å². The van der Waals surface area contributed by atoms with Crippen LogP contribution in [0.3, 0.4) is 0 Å². The third-order valence-corrected chi connectivity index (χ3v) is 5.56. The van der Waals surface area contributed by atoms with E-state index in [2.05, 4.69) is 5.48 Å². The van der Waals surface area contributed by atoms with E-state index in [1.54, 1.807) is 11.9 Å². The van der Waals surface area contributed by atoms with Gasteiger partial charge in [-0.05, 0) is 52.9 Å². The maximum Gasteiger partial charge on any atom is 0.410 e. The minimum Gasteiger partial charge on any atom is -0.444 e. The number of piperidine rings is 1. The molecule has 158 valence electrons. The number of fused-ring (bicyclic) bond motifs is 2. The van der Waals surface area contributed by atoms with Crippen molar-refractivity contribution in [1.29, 1.82) is 0 Å². The average molecular weight is 398 g/mol. The second-order valence-corrected chi connectivity index (χ2v) is 8.79. The summed E-state index contributed by atoms with van der Waals surface area (Å²) in [5.41, 5.74) is 1.92. The first kappa shape index (κ1) is 20.7. The first-order valence-electron chi connectivity index (χ1n) is 9.77. The van der Waals surface area contributed by atoms with Crippen molar-refractivity contribution in [3.63, 3.8) is 0 Å². The summed E-state index contributed by atoms with van der Waals surface area (Å²) in [7, 11) is 1.71. The number of hydroxylamine groups is 3. The summed E-state index contributed by atoms with van der Waals surface area (Å²) in [4.78, 5) is 45.1. The van der Waals surface area contributed by atoms with Gasteiger partial charge in [0, 0.05) is 19.6 Å². The molecule has 3 rings (SSSR count). The molecule has 2 aliphatic heterocycles. The van der Waals surface area contributed by atoms with Crippen LogP contribution in [0, 0.1) is 0 Å². The van der Waals surface area contributed by atoms with Crippen molar-refractivity contribution >= 4 is 18.0 Å². The van der Waals surface area contributed by atoms with E-state index in [4.69, 9.17) is 9.57 Å². The summed E-state index contributed by atoms with van der Waals surface area (Å²) >= 11 is 0. The topological polar surface area (TPSA) is 112 Å².